The lowest BCUT2D eigenvalue weighted by molar-refractivity contribution is 0.0699. The Balaban J connectivity index is 1.83. The first kappa shape index (κ1) is 11.8. The molecule has 5 nitrogen and oxygen atoms in total. The second kappa shape index (κ2) is 3.75. The molecular formula is C15H16N2O3. The number of aromatic carboxylic acids is 1. The largest absolute Gasteiger partial charge is 0.478 e. The molecular weight excluding hydrogens is 256 g/mol. The first-order valence-corrected chi connectivity index (χ1v) is 7.06. The monoisotopic (exact) mass is 272 g/mol. The molecule has 5 heteroatoms. The highest BCUT2D eigenvalue weighted by atomic mass is 16.4. The molecule has 0 atom stereocenters. The molecule has 2 aliphatic rings. The molecule has 1 aromatic heterocycles. The maximum Gasteiger partial charge on any atom is 0.337 e. The van der Waals surface area contributed by atoms with Crippen LogP contribution < -0.4 is 5.69 Å². The van der Waals surface area contributed by atoms with Gasteiger partial charge in [0, 0.05) is 6.54 Å². The Hall–Kier alpha value is -2.04. The smallest absolute Gasteiger partial charge is 0.337 e. The number of aromatic nitrogens is 2. The van der Waals surface area contributed by atoms with Crippen LogP contribution in [-0.2, 0) is 6.54 Å². The van der Waals surface area contributed by atoms with Crippen molar-refractivity contribution in [1.29, 1.82) is 0 Å². The number of nitrogens with zero attached hydrogens (tertiary/aromatic N) is 1. The van der Waals surface area contributed by atoms with Gasteiger partial charge in [-0.15, -0.1) is 0 Å². The van der Waals surface area contributed by atoms with E-state index in [0.717, 1.165) is 12.5 Å². The maximum absolute atomic E-state index is 12.2. The van der Waals surface area contributed by atoms with Crippen molar-refractivity contribution in [3.05, 3.63) is 34.2 Å². The van der Waals surface area contributed by atoms with Crippen LogP contribution in [0.15, 0.2) is 23.0 Å². The predicted molar refractivity (Wildman–Crippen MR) is 73.9 cm³/mol. The molecule has 1 heterocycles. The minimum absolute atomic E-state index is 0.162. The summed E-state index contributed by atoms with van der Waals surface area (Å²) in [7, 11) is 0. The molecule has 0 saturated heterocycles. The van der Waals surface area contributed by atoms with Crippen LogP contribution in [0, 0.1) is 11.3 Å². The number of carbonyl (C=O) groups is 1. The summed E-state index contributed by atoms with van der Waals surface area (Å²) in [6.45, 7) is 0.722. The standard InChI is InChI=1S/C15H16N2O3/c18-13(19)10-2-1-3-11-12(10)16-14(20)17(11)8-15(6-7-15)9-4-5-9/h1-3,9H,4-8H2,(H,16,20)(H,18,19). The minimum Gasteiger partial charge on any atom is -0.478 e. The van der Waals surface area contributed by atoms with E-state index in [1.165, 1.54) is 31.7 Å². The molecule has 0 radical (unpaired) electrons. The van der Waals surface area contributed by atoms with Crippen LogP contribution in [0.3, 0.4) is 0 Å². The van der Waals surface area contributed by atoms with Crippen molar-refractivity contribution >= 4 is 17.0 Å². The number of hydrogen-bond acceptors (Lipinski definition) is 2. The number of hydrogen-bond donors (Lipinski definition) is 2. The van der Waals surface area contributed by atoms with Crippen LogP contribution in [0.25, 0.3) is 11.0 Å². The summed E-state index contributed by atoms with van der Waals surface area (Å²) in [5.74, 6) is -0.241. The lowest BCUT2D eigenvalue weighted by atomic mass is 10.0. The van der Waals surface area contributed by atoms with Crippen molar-refractivity contribution in [2.24, 2.45) is 11.3 Å². The van der Waals surface area contributed by atoms with Crippen LogP contribution >= 0.6 is 0 Å². The SMILES string of the molecule is O=C(O)c1cccc2c1[nH]c(=O)n2CC1(C2CC2)CC1. The Bertz CT molecular complexity index is 763. The summed E-state index contributed by atoms with van der Waals surface area (Å²) in [5.41, 5.74) is 1.42. The summed E-state index contributed by atoms with van der Waals surface area (Å²) in [6, 6.07) is 5.05. The molecule has 2 N–H and O–H groups in total. The Morgan fingerprint density at radius 3 is 2.75 bits per heavy atom. The van der Waals surface area contributed by atoms with Gasteiger partial charge in [0.25, 0.3) is 0 Å². The zero-order chi connectivity index (χ0) is 13.9. The predicted octanol–water partition coefficient (Wildman–Crippen LogP) is 2.22. The van der Waals surface area contributed by atoms with Gasteiger partial charge in [-0.3, -0.25) is 4.57 Å². The fourth-order valence-electron chi connectivity index (χ4n) is 3.38. The molecule has 0 spiro atoms. The summed E-state index contributed by atoms with van der Waals surface area (Å²) in [5, 5.41) is 9.19. The zero-order valence-electron chi connectivity index (χ0n) is 11.1. The number of para-hydroxylation sites is 1. The zero-order valence-corrected chi connectivity index (χ0v) is 11.1. The molecule has 4 rings (SSSR count). The molecule has 0 bridgehead atoms. The van der Waals surface area contributed by atoms with E-state index in [-0.39, 0.29) is 11.3 Å². The summed E-state index contributed by atoms with van der Waals surface area (Å²) >= 11 is 0. The van der Waals surface area contributed by atoms with E-state index in [2.05, 4.69) is 4.98 Å². The number of imidazole rings is 1. The van der Waals surface area contributed by atoms with Gasteiger partial charge in [-0.25, -0.2) is 9.59 Å². The second-order valence-corrected chi connectivity index (χ2v) is 6.16. The van der Waals surface area contributed by atoms with E-state index in [4.69, 9.17) is 0 Å². The molecule has 2 aliphatic carbocycles. The molecule has 2 aromatic rings. The molecule has 0 unspecified atom stereocenters. The van der Waals surface area contributed by atoms with E-state index >= 15 is 0 Å². The van der Waals surface area contributed by atoms with E-state index in [1.807, 2.05) is 6.07 Å². The molecule has 0 aliphatic heterocycles. The van der Waals surface area contributed by atoms with Gasteiger partial charge in [0.05, 0.1) is 16.6 Å². The third kappa shape index (κ3) is 1.62. The van der Waals surface area contributed by atoms with Crippen LogP contribution in [0.5, 0.6) is 0 Å². The third-order valence-electron chi connectivity index (χ3n) is 4.85. The summed E-state index contributed by atoms with van der Waals surface area (Å²) in [4.78, 5) is 26.1. The Morgan fingerprint density at radius 2 is 2.15 bits per heavy atom. The second-order valence-electron chi connectivity index (χ2n) is 6.16. The molecule has 1 aromatic carbocycles. The first-order chi connectivity index (χ1) is 9.61. The topological polar surface area (TPSA) is 75.1 Å². The number of nitrogens with one attached hydrogen (secondary N) is 1. The molecule has 2 saturated carbocycles. The highest BCUT2D eigenvalue weighted by molar-refractivity contribution is 6.00. The highest BCUT2D eigenvalue weighted by Gasteiger charge is 2.54. The highest BCUT2D eigenvalue weighted by Crippen LogP contribution is 2.62. The number of aromatic amines is 1. The van der Waals surface area contributed by atoms with Crippen LogP contribution in [0.1, 0.15) is 36.0 Å². The van der Waals surface area contributed by atoms with Crippen molar-refractivity contribution in [2.45, 2.75) is 32.2 Å². The minimum atomic E-state index is -1.01. The van der Waals surface area contributed by atoms with Crippen LogP contribution in [-0.4, -0.2) is 20.6 Å². The van der Waals surface area contributed by atoms with E-state index < -0.39 is 5.97 Å². The fraction of sp³-hybridized carbons (Fsp3) is 0.467. The van der Waals surface area contributed by atoms with Gasteiger partial charge in [-0.2, -0.15) is 0 Å². The van der Waals surface area contributed by atoms with Gasteiger partial charge < -0.3 is 10.1 Å². The number of rotatable bonds is 4. The normalized spacial score (nSPS) is 20.2. The number of carboxylic acid groups (broad SMARTS) is 1. The van der Waals surface area contributed by atoms with Crippen molar-refractivity contribution in [3.63, 3.8) is 0 Å². The van der Waals surface area contributed by atoms with Gasteiger partial charge in [0.1, 0.15) is 0 Å². The van der Waals surface area contributed by atoms with Crippen molar-refractivity contribution in [2.75, 3.05) is 0 Å². The first-order valence-electron chi connectivity index (χ1n) is 7.06. The number of benzene rings is 1. The molecule has 0 amide bonds. The average Bonchev–Trinajstić information content (AvgIpc) is 3.29. The summed E-state index contributed by atoms with van der Waals surface area (Å²) < 4.78 is 1.73. The van der Waals surface area contributed by atoms with Gasteiger partial charge in [0.15, 0.2) is 0 Å². The summed E-state index contributed by atoms with van der Waals surface area (Å²) in [6.07, 6.45) is 4.93. The molecule has 20 heavy (non-hydrogen) atoms. The van der Waals surface area contributed by atoms with Gasteiger partial charge in [0.2, 0.25) is 0 Å². The average molecular weight is 272 g/mol. The number of carboxylic acids is 1. The van der Waals surface area contributed by atoms with E-state index in [9.17, 15) is 14.7 Å². The quantitative estimate of drug-likeness (QED) is 0.896. The fourth-order valence-corrected chi connectivity index (χ4v) is 3.38. The van der Waals surface area contributed by atoms with Crippen LogP contribution in [0.2, 0.25) is 0 Å². The maximum atomic E-state index is 12.2. The Morgan fingerprint density at radius 1 is 1.40 bits per heavy atom. The Kier molecular flexibility index (Phi) is 2.20. The van der Waals surface area contributed by atoms with Crippen molar-refractivity contribution < 1.29 is 9.90 Å². The number of H-pyrrole nitrogens is 1. The van der Waals surface area contributed by atoms with Gasteiger partial charge in [-0.1, -0.05) is 6.07 Å². The van der Waals surface area contributed by atoms with E-state index in [1.54, 1.807) is 10.6 Å². The van der Waals surface area contributed by atoms with Crippen molar-refractivity contribution in [1.82, 2.24) is 9.55 Å². The van der Waals surface area contributed by atoms with E-state index in [0.29, 0.717) is 16.4 Å². The Labute approximate surface area is 115 Å². The number of fused-ring (bicyclic) bond motifs is 1. The van der Waals surface area contributed by atoms with Gasteiger partial charge >= 0.3 is 11.7 Å². The van der Waals surface area contributed by atoms with Gasteiger partial charge in [-0.05, 0) is 49.1 Å². The molecule has 104 valence electrons. The lowest BCUT2D eigenvalue weighted by Crippen LogP contribution is -2.23. The molecule has 2 fully saturated rings. The lowest BCUT2D eigenvalue weighted by Gasteiger charge is -2.14. The van der Waals surface area contributed by atoms with Crippen LogP contribution in [0.4, 0.5) is 0 Å². The third-order valence-corrected chi connectivity index (χ3v) is 4.85. The van der Waals surface area contributed by atoms with Crippen molar-refractivity contribution in [3.8, 4) is 0 Å².